The predicted molar refractivity (Wildman–Crippen MR) is 161 cm³/mol. The minimum atomic E-state index is -1.23. The fourth-order valence-electron chi connectivity index (χ4n) is 4.99. The van der Waals surface area contributed by atoms with Crippen LogP contribution in [0.1, 0.15) is 46.9 Å². The summed E-state index contributed by atoms with van der Waals surface area (Å²) >= 11 is 0. The maximum atomic E-state index is 14.3. The number of aromatic nitrogens is 3. The molecule has 2 atom stereocenters. The number of rotatable bonds is 12. The minimum absolute atomic E-state index is 0.173. The van der Waals surface area contributed by atoms with Crippen molar-refractivity contribution < 1.29 is 23.8 Å². The monoisotopic (exact) mass is 580 g/mol. The Morgan fingerprint density at radius 3 is 2.73 bits per heavy atom. The number of halogens is 1. The van der Waals surface area contributed by atoms with Gasteiger partial charge in [0.15, 0.2) is 0 Å². The van der Waals surface area contributed by atoms with Gasteiger partial charge < -0.3 is 19.5 Å². The Morgan fingerprint density at radius 2 is 2.02 bits per heavy atom. The van der Waals surface area contributed by atoms with Crippen LogP contribution in [0.3, 0.4) is 0 Å². The first-order valence-electron chi connectivity index (χ1n) is 14.1. The average Bonchev–Trinajstić information content (AvgIpc) is 3.37. The third kappa shape index (κ3) is 7.12. The Labute approximate surface area is 242 Å². The third-order valence-corrected chi connectivity index (χ3v) is 9.12. The van der Waals surface area contributed by atoms with Crippen LogP contribution in [0.2, 0.25) is 25.7 Å². The van der Waals surface area contributed by atoms with Crippen LogP contribution in [0.25, 0.3) is 10.9 Å². The molecule has 10 heteroatoms. The molecule has 0 aliphatic heterocycles. The number of aliphatic hydroxyl groups excluding tert-OH is 1. The zero-order valence-electron chi connectivity index (χ0n) is 24.9. The molecule has 0 saturated heterocycles. The molecular weight excluding hydrogens is 539 g/mol. The molecule has 0 bridgehead atoms. The highest BCUT2D eigenvalue weighted by atomic mass is 28.3. The van der Waals surface area contributed by atoms with Gasteiger partial charge in [0, 0.05) is 68.4 Å². The molecular formula is C31H41FN4O4Si. The van der Waals surface area contributed by atoms with E-state index in [4.69, 9.17) is 9.47 Å². The first kappa shape index (κ1) is 30.6. The van der Waals surface area contributed by atoms with E-state index in [2.05, 4.69) is 29.7 Å². The van der Waals surface area contributed by atoms with Gasteiger partial charge in [-0.3, -0.25) is 9.78 Å². The number of hydrogen-bond donors (Lipinski definition) is 1. The van der Waals surface area contributed by atoms with Gasteiger partial charge in [0.25, 0.3) is 5.91 Å². The normalized spacial score (nSPS) is 17.1. The minimum Gasteiger partial charge on any atom is -0.494 e. The molecule has 1 aliphatic rings. The van der Waals surface area contributed by atoms with Gasteiger partial charge in [-0.1, -0.05) is 44.8 Å². The van der Waals surface area contributed by atoms with Crippen molar-refractivity contribution in [3.8, 4) is 5.75 Å². The number of nitrogens with zero attached hydrogens (tertiary/aromatic N) is 4. The quantitative estimate of drug-likeness (QED) is 0.207. The van der Waals surface area contributed by atoms with Gasteiger partial charge in [0.2, 0.25) is 0 Å². The van der Waals surface area contributed by atoms with Gasteiger partial charge in [0.1, 0.15) is 18.3 Å². The van der Waals surface area contributed by atoms with Crippen LogP contribution in [-0.2, 0) is 24.6 Å². The molecule has 1 amide bonds. The smallest absolute Gasteiger partial charge is 0.254 e. The number of carbonyl (C=O) groups is 1. The largest absolute Gasteiger partial charge is 0.494 e. The molecule has 0 radical (unpaired) electrons. The summed E-state index contributed by atoms with van der Waals surface area (Å²) in [4.78, 5) is 19.6. The van der Waals surface area contributed by atoms with Crippen molar-refractivity contribution >= 4 is 24.9 Å². The summed E-state index contributed by atoms with van der Waals surface area (Å²) in [6.45, 7) is 12.1. The molecule has 2 aromatic heterocycles. The lowest BCUT2D eigenvalue weighted by atomic mass is 9.82. The van der Waals surface area contributed by atoms with Crippen molar-refractivity contribution in [3.63, 3.8) is 0 Å². The summed E-state index contributed by atoms with van der Waals surface area (Å²) in [5.74, 6) is -0.279. The third-order valence-electron chi connectivity index (χ3n) is 7.41. The molecule has 3 aromatic rings. The number of hydrogen-bond acceptors (Lipinski definition) is 6. The van der Waals surface area contributed by atoms with E-state index < -0.39 is 8.07 Å². The molecule has 1 aliphatic carbocycles. The van der Waals surface area contributed by atoms with E-state index in [0.29, 0.717) is 30.2 Å². The van der Waals surface area contributed by atoms with Crippen molar-refractivity contribution in [2.45, 2.75) is 65.3 Å². The van der Waals surface area contributed by atoms with Gasteiger partial charge in [-0.15, -0.1) is 0 Å². The number of amides is 1. The van der Waals surface area contributed by atoms with Crippen molar-refractivity contribution in [2.24, 2.45) is 5.92 Å². The highest BCUT2D eigenvalue weighted by Crippen LogP contribution is 2.39. The number of fused-ring (bicyclic) bond motifs is 1. The predicted octanol–water partition coefficient (Wildman–Crippen LogP) is 6.05. The lowest BCUT2D eigenvalue weighted by Gasteiger charge is -2.25. The first-order valence-corrected chi connectivity index (χ1v) is 17.8. The zero-order valence-corrected chi connectivity index (χ0v) is 25.9. The van der Waals surface area contributed by atoms with Gasteiger partial charge in [0.05, 0.1) is 30.6 Å². The highest BCUT2D eigenvalue weighted by molar-refractivity contribution is 6.76. The number of ether oxygens (including phenoxy) is 2. The van der Waals surface area contributed by atoms with Crippen LogP contribution in [0.5, 0.6) is 5.75 Å². The molecule has 4 rings (SSSR count). The second kappa shape index (κ2) is 13.1. The zero-order chi connectivity index (χ0) is 29.7. The topological polar surface area (TPSA) is 89.7 Å². The van der Waals surface area contributed by atoms with E-state index in [1.807, 2.05) is 26.0 Å². The first-order chi connectivity index (χ1) is 19.5. The molecule has 2 unspecified atom stereocenters. The van der Waals surface area contributed by atoms with E-state index in [1.165, 1.54) is 6.08 Å². The number of aliphatic hydroxyl groups is 1. The Morgan fingerprint density at radius 1 is 1.24 bits per heavy atom. The molecule has 41 heavy (non-hydrogen) atoms. The Kier molecular flexibility index (Phi) is 9.78. The summed E-state index contributed by atoms with van der Waals surface area (Å²) in [5.41, 5.74) is 3.43. The van der Waals surface area contributed by atoms with Crippen molar-refractivity contribution in [1.29, 1.82) is 0 Å². The van der Waals surface area contributed by atoms with Gasteiger partial charge in [-0.2, -0.15) is 5.10 Å². The van der Waals surface area contributed by atoms with E-state index >= 15 is 0 Å². The maximum absolute atomic E-state index is 14.3. The molecule has 8 nitrogen and oxygen atoms in total. The van der Waals surface area contributed by atoms with Gasteiger partial charge >= 0.3 is 0 Å². The number of benzene rings is 1. The van der Waals surface area contributed by atoms with Gasteiger partial charge in [-0.05, 0) is 31.2 Å². The van der Waals surface area contributed by atoms with Crippen LogP contribution in [0.4, 0.5) is 4.39 Å². The fraction of sp³-hybridized carbons (Fsp3) is 0.452. The van der Waals surface area contributed by atoms with Crippen LogP contribution >= 0.6 is 0 Å². The maximum Gasteiger partial charge on any atom is 0.254 e. The molecule has 0 fully saturated rings. The Bertz CT molecular complexity index is 1450. The lowest BCUT2D eigenvalue weighted by Crippen LogP contribution is -2.27. The molecule has 2 heterocycles. The number of pyridine rings is 1. The van der Waals surface area contributed by atoms with E-state index in [9.17, 15) is 14.3 Å². The second-order valence-corrected chi connectivity index (χ2v) is 17.4. The van der Waals surface area contributed by atoms with Crippen LogP contribution in [0, 0.1) is 5.92 Å². The summed E-state index contributed by atoms with van der Waals surface area (Å²) in [6, 6.07) is 6.42. The van der Waals surface area contributed by atoms with E-state index in [-0.39, 0.29) is 43.5 Å². The summed E-state index contributed by atoms with van der Waals surface area (Å²) in [7, 11) is 0.508. The summed E-state index contributed by atoms with van der Waals surface area (Å²) < 4.78 is 28.0. The Hall–Kier alpha value is -3.34. The molecule has 1 N–H and O–H groups in total. The molecule has 220 valence electrons. The average molecular weight is 581 g/mol. The molecule has 1 aromatic carbocycles. The second-order valence-electron chi connectivity index (χ2n) is 11.7. The summed E-state index contributed by atoms with van der Waals surface area (Å²) in [5, 5.41) is 15.1. The van der Waals surface area contributed by atoms with E-state index in [1.54, 1.807) is 47.2 Å². The molecule has 0 saturated carbocycles. The van der Waals surface area contributed by atoms with Crippen molar-refractivity contribution in [3.05, 3.63) is 77.0 Å². The van der Waals surface area contributed by atoms with Crippen LogP contribution < -0.4 is 4.74 Å². The SMILES string of the molecule is CCOc1cc(C(=O)N(C)Cc2cnc(CO)c3cnn(COCC[Si](C)(C)C)c23)ccc1C1C=CC=C(F)C1C. The van der Waals surface area contributed by atoms with Gasteiger partial charge in [-0.25, -0.2) is 9.07 Å². The Balaban J connectivity index is 1.57. The van der Waals surface area contributed by atoms with Crippen LogP contribution in [0.15, 0.2) is 54.6 Å². The molecule has 0 spiro atoms. The summed E-state index contributed by atoms with van der Waals surface area (Å²) in [6.07, 6.45) is 8.55. The number of carbonyl (C=O) groups excluding carboxylic acids is 1. The number of allylic oxidation sites excluding steroid dienone is 4. The lowest BCUT2D eigenvalue weighted by molar-refractivity contribution is 0.0781. The fourth-order valence-corrected chi connectivity index (χ4v) is 5.75. The van der Waals surface area contributed by atoms with E-state index in [0.717, 1.165) is 28.1 Å². The van der Waals surface area contributed by atoms with Crippen molar-refractivity contribution in [1.82, 2.24) is 19.7 Å². The highest BCUT2D eigenvalue weighted by Gasteiger charge is 2.27. The standard InChI is InChI=1S/C31H41FN4O4Si/c1-7-40-29-15-22(11-12-25(29)24-9-8-10-27(32)21(24)2)31(38)35(3)18-23-16-33-28(19-37)26-17-34-36(30(23)26)20-39-13-14-41(4,5)6/h8-12,15-17,21,24,37H,7,13-14,18-20H2,1-6H3. The van der Waals surface area contributed by atoms with Crippen molar-refractivity contribution in [2.75, 3.05) is 20.3 Å². The van der Waals surface area contributed by atoms with Crippen LogP contribution in [-0.4, -0.2) is 59.0 Å².